The molecule has 1 heterocycles. The van der Waals surface area contributed by atoms with Gasteiger partial charge in [-0.25, -0.2) is 0 Å². The number of likely N-dealkylation sites (tertiary alicyclic amines) is 1. The molecule has 1 aliphatic rings. The highest BCUT2D eigenvalue weighted by molar-refractivity contribution is 5.85. The van der Waals surface area contributed by atoms with Gasteiger partial charge in [0, 0.05) is 26.5 Å². The molecule has 6 heteroatoms. The summed E-state index contributed by atoms with van der Waals surface area (Å²) in [6.45, 7) is 1.30. The molecule has 2 rings (SSSR count). The summed E-state index contributed by atoms with van der Waals surface area (Å²) in [6.07, 6.45) is -0.305. The minimum atomic E-state index is -0.727. The lowest BCUT2D eigenvalue weighted by atomic mass is 10.0. The zero-order valence-corrected chi connectivity index (χ0v) is 12.6. The van der Waals surface area contributed by atoms with Gasteiger partial charge < -0.3 is 19.1 Å². The average molecular weight is 293 g/mol. The van der Waals surface area contributed by atoms with Crippen molar-refractivity contribution in [2.24, 2.45) is 0 Å². The van der Waals surface area contributed by atoms with Gasteiger partial charge in [-0.2, -0.15) is 0 Å². The Hall–Kier alpha value is -2.24. The number of carbonyl (C=O) groups is 2. The van der Waals surface area contributed by atoms with E-state index in [1.807, 2.05) is 12.1 Å². The van der Waals surface area contributed by atoms with E-state index in [1.165, 1.54) is 6.92 Å². The zero-order chi connectivity index (χ0) is 15.6. The standard InChI is InChI=1S/C15H19NO5/c1-9(17)21-14-8-13(16(2)15(14)18)10-5-11(19-3)7-12(6-10)20-4/h5-7,13-14H,8H2,1-4H3/t13-,14+/m0/s1. The Morgan fingerprint density at radius 1 is 1.19 bits per heavy atom. The molecule has 6 nitrogen and oxygen atoms in total. The van der Waals surface area contributed by atoms with Crippen LogP contribution in [0, 0.1) is 0 Å². The van der Waals surface area contributed by atoms with Gasteiger partial charge in [-0.3, -0.25) is 9.59 Å². The molecule has 1 aromatic carbocycles. The Morgan fingerprint density at radius 3 is 2.24 bits per heavy atom. The molecule has 0 N–H and O–H groups in total. The van der Waals surface area contributed by atoms with Crippen molar-refractivity contribution in [2.75, 3.05) is 21.3 Å². The van der Waals surface area contributed by atoms with E-state index < -0.39 is 12.1 Å². The average Bonchev–Trinajstić information content (AvgIpc) is 2.74. The monoisotopic (exact) mass is 293 g/mol. The summed E-state index contributed by atoms with van der Waals surface area (Å²) >= 11 is 0. The highest BCUT2D eigenvalue weighted by atomic mass is 16.5. The third-order valence-electron chi connectivity index (χ3n) is 3.59. The molecule has 1 fully saturated rings. The van der Waals surface area contributed by atoms with Gasteiger partial charge in [-0.05, 0) is 17.7 Å². The van der Waals surface area contributed by atoms with Crippen LogP contribution in [0.25, 0.3) is 0 Å². The first-order valence-electron chi connectivity index (χ1n) is 6.63. The highest BCUT2D eigenvalue weighted by Crippen LogP contribution is 2.36. The molecule has 1 amide bonds. The molecule has 0 aliphatic carbocycles. The molecule has 0 unspecified atom stereocenters. The van der Waals surface area contributed by atoms with E-state index in [1.54, 1.807) is 32.2 Å². The van der Waals surface area contributed by atoms with Crippen LogP contribution in [0.15, 0.2) is 18.2 Å². The predicted octanol–water partition coefficient (Wildman–Crippen LogP) is 1.54. The lowest BCUT2D eigenvalue weighted by Gasteiger charge is -2.20. The number of nitrogens with zero attached hydrogens (tertiary/aromatic N) is 1. The number of methoxy groups -OCH3 is 2. The molecule has 0 saturated carbocycles. The second-order valence-corrected chi connectivity index (χ2v) is 4.94. The van der Waals surface area contributed by atoms with Crippen molar-refractivity contribution in [3.05, 3.63) is 23.8 Å². The van der Waals surface area contributed by atoms with Crippen molar-refractivity contribution >= 4 is 11.9 Å². The van der Waals surface area contributed by atoms with Gasteiger partial charge in [0.25, 0.3) is 5.91 Å². The van der Waals surface area contributed by atoms with E-state index in [0.29, 0.717) is 17.9 Å². The number of hydrogen-bond acceptors (Lipinski definition) is 5. The Kier molecular flexibility index (Phi) is 4.35. The molecular formula is C15H19NO5. The van der Waals surface area contributed by atoms with Crippen LogP contribution in [-0.2, 0) is 14.3 Å². The maximum atomic E-state index is 12.1. The summed E-state index contributed by atoms with van der Waals surface area (Å²) in [5.74, 6) is 0.657. The minimum absolute atomic E-state index is 0.175. The fourth-order valence-corrected chi connectivity index (χ4v) is 2.52. The van der Waals surface area contributed by atoms with Crippen molar-refractivity contribution in [3.8, 4) is 11.5 Å². The topological polar surface area (TPSA) is 65.1 Å². The second kappa shape index (κ2) is 6.03. The van der Waals surface area contributed by atoms with Crippen molar-refractivity contribution in [1.29, 1.82) is 0 Å². The lowest BCUT2D eigenvalue weighted by molar-refractivity contribution is -0.153. The summed E-state index contributed by atoms with van der Waals surface area (Å²) in [5.41, 5.74) is 0.886. The van der Waals surface area contributed by atoms with Gasteiger partial charge >= 0.3 is 5.97 Å². The Bertz CT molecular complexity index is 535. The van der Waals surface area contributed by atoms with Crippen LogP contribution in [0.4, 0.5) is 0 Å². The number of rotatable bonds is 4. The predicted molar refractivity (Wildman–Crippen MR) is 75.2 cm³/mol. The lowest BCUT2D eigenvalue weighted by Crippen LogP contribution is -2.29. The molecule has 1 aromatic rings. The highest BCUT2D eigenvalue weighted by Gasteiger charge is 2.40. The van der Waals surface area contributed by atoms with Crippen molar-refractivity contribution in [1.82, 2.24) is 4.90 Å². The number of carbonyl (C=O) groups excluding carboxylic acids is 2. The Morgan fingerprint density at radius 2 is 1.76 bits per heavy atom. The smallest absolute Gasteiger partial charge is 0.303 e. The maximum absolute atomic E-state index is 12.1. The van der Waals surface area contributed by atoms with Crippen molar-refractivity contribution in [2.45, 2.75) is 25.5 Å². The second-order valence-electron chi connectivity index (χ2n) is 4.94. The number of benzene rings is 1. The largest absolute Gasteiger partial charge is 0.497 e. The van der Waals surface area contributed by atoms with E-state index >= 15 is 0 Å². The summed E-state index contributed by atoms with van der Waals surface area (Å²) in [4.78, 5) is 24.8. The normalized spacial score (nSPS) is 21.3. The van der Waals surface area contributed by atoms with Gasteiger partial charge in [0.1, 0.15) is 11.5 Å². The van der Waals surface area contributed by atoms with Crippen LogP contribution in [0.3, 0.4) is 0 Å². The molecule has 2 atom stereocenters. The molecule has 0 radical (unpaired) electrons. The first-order valence-corrected chi connectivity index (χ1v) is 6.63. The molecule has 21 heavy (non-hydrogen) atoms. The third kappa shape index (κ3) is 3.09. The number of likely N-dealkylation sites (N-methyl/N-ethyl adjacent to an activating group) is 1. The zero-order valence-electron chi connectivity index (χ0n) is 12.6. The number of ether oxygens (including phenoxy) is 3. The van der Waals surface area contributed by atoms with Gasteiger partial charge in [0.2, 0.25) is 0 Å². The van der Waals surface area contributed by atoms with Crippen LogP contribution in [0.2, 0.25) is 0 Å². The van der Waals surface area contributed by atoms with Gasteiger partial charge in [0.05, 0.1) is 20.3 Å². The van der Waals surface area contributed by atoms with Crippen LogP contribution < -0.4 is 9.47 Å². The summed E-state index contributed by atoms with van der Waals surface area (Å²) in [5, 5.41) is 0. The number of amides is 1. The molecule has 0 spiro atoms. The van der Waals surface area contributed by atoms with E-state index in [-0.39, 0.29) is 11.9 Å². The molecular weight excluding hydrogens is 274 g/mol. The van der Waals surface area contributed by atoms with E-state index in [4.69, 9.17) is 14.2 Å². The number of hydrogen-bond donors (Lipinski definition) is 0. The molecule has 0 bridgehead atoms. The molecule has 114 valence electrons. The van der Waals surface area contributed by atoms with Gasteiger partial charge in [-0.1, -0.05) is 0 Å². The minimum Gasteiger partial charge on any atom is -0.497 e. The SMILES string of the molecule is COc1cc(OC)cc([C@@H]2C[C@@H](OC(C)=O)C(=O)N2C)c1. The van der Waals surface area contributed by atoms with Crippen LogP contribution in [0.1, 0.15) is 24.9 Å². The fourth-order valence-electron chi connectivity index (χ4n) is 2.52. The van der Waals surface area contributed by atoms with Crippen LogP contribution in [0.5, 0.6) is 11.5 Å². The first-order chi connectivity index (χ1) is 9.96. The van der Waals surface area contributed by atoms with Crippen LogP contribution >= 0.6 is 0 Å². The van der Waals surface area contributed by atoms with E-state index in [9.17, 15) is 9.59 Å². The molecule has 1 saturated heterocycles. The third-order valence-corrected chi connectivity index (χ3v) is 3.59. The van der Waals surface area contributed by atoms with Crippen molar-refractivity contribution < 1.29 is 23.8 Å². The molecule has 1 aliphatic heterocycles. The van der Waals surface area contributed by atoms with E-state index in [2.05, 4.69) is 0 Å². The van der Waals surface area contributed by atoms with Crippen molar-refractivity contribution in [3.63, 3.8) is 0 Å². The maximum Gasteiger partial charge on any atom is 0.303 e. The van der Waals surface area contributed by atoms with Gasteiger partial charge in [-0.15, -0.1) is 0 Å². The van der Waals surface area contributed by atoms with Crippen LogP contribution in [-0.4, -0.2) is 44.1 Å². The first kappa shape index (κ1) is 15.2. The van der Waals surface area contributed by atoms with Gasteiger partial charge in [0.15, 0.2) is 6.10 Å². The summed E-state index contributed by atoms with van der Waals surface area (Å²) in [6, 6.07) is 5.30. The Labute approximate surface area is 123 Å². The summed E-state index contributed by atoms with van der Waals surface area (Å²) < 4.78 is 15.5. The fraction of sp³-hybridized carbons (Fsp3) is 0.467. The Balaban J connectivity index is 2.29. The summed E-state index contributed by atoms with van der Waals surface area (Å²) in [7, 11) is 4.84. The number of esters is 1. The van der Waals surface area contributed by atoms with E-state index in [0.717, 1.165) is 5.56 Å². The molecule has 0 aromatic heterocycles. The quantitative estimate of drug-likeness (QED) is 0.788.